The number of carbonyl (C=O) groups is 1. The third-order valence-electron chi connectivity index (χ3n) is 0. The van der Waals surface area contributed by atoms with E-state index >= 15 is 0 Å². The summed E-state index contributed by atoms with van der Waals surface area (Å²) in [6.45, 7) is 0.972. The molecule has 0 aliphatic rings. The zero-order chi connectivity index (χ0) is 3.58. The fourth-order valence-corrected chi connectivity index (χ4v) is 0. The van der Waals surface area contributed by atoms with Crippen LogP contribution in [0.3, 0.4) is 0 Å². The molecule has 0 heterocycles. The van der Waals surface area contributed by atoms with Crippen LogP contribution in [0.2, 0.25) is 0 Å². The minimum absolute atomic E-state index is 0. The number of hydrogen-bond donors (Lipinski definition) is 0. The Hall–Kier alpha value is 2.43. The average Bonchev–Trinajstić information content (AvgIpc) is 0.811. The Labute approximate surface area is 114 Å². The van der Waals surface area contributed by atoms with Gasteiger partial charge in [0.2, 0.25) is 0 Å². The Kier molecular flexibility index (Phi) is 51.2. The summed E-state index contributed by atoms with van der Waals surface area (Å²) in [6, 6.07) is 0. The molecule has 32 valence electrons. The van der Waals surface area contributed by atoms with Crippen molar-refractivity contribution in [2.24, 2.45) is 0 Å². The fraction of sp³-hybridized carbons (Fsp3) is 0.500. The van der Waals surface area contributed by atoms with E-state index in [0.29, 0.717) is 0 Å². The summed E-state index contributed by atoms with van der Waals surface area (Å²) in [5, 5.41) is 8.89. The van der Waals surface area contributed by atoms with Crippen molar-refractivity contribution in [1.82, 2.24) is 0 Å². The van der Waals surface area contributed by atoms with Crippen molar-refractivity contribution in [2.75, 3.05) is 0 Å². The zero-order valence-electron chi connectivity index (χ0n) is 4.69. The van der Waals surface area contributed by atoms with E-state index in [1.807, 2.05) is 0 Å². The van der Waals surface area contributed by atoms with Gasteiger partial charge in [-0.05, 0) is 6.92 Å². The van der Waals surface area contributed by atoms with E-state index in [9.17, 15) is 0 Å². The second-order valence-electron chi connectivity index (χ2n) is 0.492. The summed E-state index contributed by atoms with van der Waals surface area (Å²) in [7, 11) is 0. The largest absolute Gasteiger partial charge is 1.00 e. The van der Waals surface area contributed by atoms with E-state index in [0.717, 1.165) is 6.92 Å². The van der Waals surface area contributed by atoms with Gasteiger partial charge in [0.15, 0.2) is 0 Å². The second-order valence-corrected chi connectivity index (χ2v) is 0.492. The maximum Gasteiger partial charge on any atom is 1.00 e. The SMILES string of the molecule is CC(=O)[O-].[I-].[K+].[Li+]. The first kappa shape index (κ1) is 22.7. The summed E-state index contributed by atoms with van der Waals surface area (Å²) in [6.07, 6.45) is 0. The van der Waals surface area contributed by atoms with Crippen LogP contribution in [0.5, 0.6) is 0 Å². The van der Waals surface area contributed by atoms with Gasteiger partial charge in [-0.25, -0.2) is 0 Å². The predicted molar refractivity (Wildman–Crippen MR) is 10.7 cm³/mol. The molecule has 0 aromatic rings. The van der Waals surface area contributed by atoms with Crippen LogP contribution in [-0.4, -0.2) is 5.97 Å². The molecule has 0 radical (unpaired) electrons. The number of hydrogen-bond acceptors (Lipinski definition) is 2. The van der Waals surface area contributed by atoms with Crippen LogP contribution in [0, 0.1) is 0 Å². The third kappa shape index (κ3) is 58.9. The summed E-state index contributed by atoms with van der Waals surface area (Å²) < 4.78 is 0. The molecule has 0 rings (SSSR count). The van der Waals surface area contributed by atoms with E-state index < -0.39 is 5.97 Å². The van der Waals surface area contributed by atoms with Gasteiger partial charge in [-0.2, -0.15) is 0 Å². The number of carboxylic acids is 1. The quantitative estimate of drug-likeness (QED) is 0.307. The first-order valence-corrected chi connectivity index (χ1v) is 0.908. The van der Waals surface area contributed by atoms with Gasteiger partial charge in [-0.15, -0.1) is 0 Å². The topological polar surface area (TPSA) is 40.1 Å². The van der Waals surface area contributed by atoms with Crippen molar-refractivity contribution < 1.29 is 104 Å². The molecule has 5 heteroatoms. The number of rotatable bonds is 0. The molecule has 0 saturated heterocycles. The Morgan fingerprint density at radius 1 is 1.57 bits per heavy atom. The van der Waals surface area contributed by atoms with Crippen molar-refractivity contribution in [2.45, 2.75) is 6.92 Å². The van der Waals surface area contributed by atoms with E-state index in [4.69, 9.17) is 9.90 Å². The van der Waals surface area contributed by atoms with Crippen molar-refractivity contribution in [3.05, 3.63) is 0 Å². The summed E-state index contributed by atoms with van der Waals surface area (Å²) in [4.78, 5) is 8.89. The minimum Gasteiger partial charge on any atom is -1.00 e. The maximum absolute atomic E-state index is 8.89. The van der Waals surface area contributed by atoms with Crippen LogP contribution in [0.4, 0.5) is 0 Å². The molecule has 0 aliphatic carbocycles. The van der Waals surface area contributed by atoms with Gasteiger partial charge in [0.1, 0.15) is 0 Å². The molecule has 0 amide bonds. The molecule has 0 aliphatic heterocycles. The van der Waals surface area contributed by atoms with Gasteiger partial charge in [0.05, 0.1) is 0 Å². The Morgan fingerprint density at radius 2 is 1.57 bits per heavy atom. The molecule has 0 atom stereocenters. The molecule has 0 aromatic heterocycles. The Morgan fingerprint density at radius 3 is 1.57 bits per heavy atom. The normalized spacial score (nSPS) is 3.57. The first-order chi connectivity index (χ1) is 1.73. The van der Waals surface area contributed by atoms with Gasteiger partial charge in [-0.1, -0.05) is 0 Å². The van der Waals surface area contributed by atoms with E-state index in [1.165, 1.54) is 0 Å². The first-order valence-electron chi connectivity index (χ1n) is 0.908. The van der Waals surface area contributed by atoms with Crippen LogP contribution in [0.1, 0.15) is 6.92 Å². The predicted octanol–water partition coefficient (Wildman–Crippen LogP) is -10.2. The van der Waals surface area contributed by atoms with Gasteiger partial charge in [0.25, 0.3) is 0 Å². The van der Waals surface area contributed by atoms with Crippen molar-refractivity contribution in [1.29, 1.82) is 0 Å². The Bertz CT molecular complexity index is 38.7. The maximum atomic E-state index is 8.89. The van der Waals surface area contributed by atoms with E-state index in [1.54, 1.807) is 0 Å². The smallest absolute Gasteiger partial charge is 1.00 e. The molecule has 0 saturated carbocycles. The molecule has 0 aromatic carbocycles. The van der Waals surface area contributed by atoms with Crippen LogP contribution >= 0.6 is 0 Å². The van der Waals surface area contributed by atoms with Crippen LogP contribution in [0.15, 0.2) is 0 Å². The van der Waals surface area contributed by atoms with Gasteiger partial charge < -0.3 is 33.9 Å². The standard InChI is InChI=1S/C2H4O2.HI.K.Li/c1-2(3)4;;;/h1H3,(H,3,4);1H;;/q;;2*+1/p-2. The molecule has 0 N–H and O–H groups in total. The van der Waals surface area contributed by atoms with Crippen molar-refractivity contribution in [3.63, 3.8) is 0 Å². The molecule has 0 fully saturated rings. The van der Waals surface area contributed by atoms with Gasteiger partial charge in [-0.3, -0.25) is 0 Å². The number of halogens is 1. The summed E-state index contributed by atoms with van der Waals surface area (Å²) in [5.74, 6) is -1.08. The van der Waals surface area contributed by atoms with E-state index in [2.05, 4.69) is 0 Å². The number of aliphatic carboxylic acids is 1. The van der Waals surface area contributed by atoms with Crippen LogP contribution in [0.25, 0.3) is 0 Å². The molecular formula is C2H3IKLiO2. The molecule has 7 heavy (non-hydrogen) atoms. The molecule has 0 unspecified atom stereocenters. The fourth-order valence-electron chi connectivity index (χ4n) is 0. The molecule has 0 spiro atoms. The zero-order valence-corrected chi connectivity index (χ0v) is 9.98. The molecule has 2 nitrogen and oxygen atoms in total. The van der Waals surface area contributed by atoms with Crippen LogP contribution < -0.4 is 99.3 Å². The summed E-state index contributed by atoms with van der Waals surface area (Å²) >= 11 is 0. The van der Waals surface area contributed by atoms with Crippen molar-refractivity contribution >= 4 is 5.97 Å². The summed E-state index contributed by atoms with van der Waals surface area (Å²) in [5.41, 5.74) is 0. The minimum atomic E-state index is -1.08. The average molecular weight is 232 g/mol. The molecule has 0 bridgehead atoms. The van der Waals surface area contributed by atoms with Gasteiger partial charge >= 0.3 is 70.2 Å². The Balaban J connectivity index is -0.0000000150. The number of carboxylic acid groups (broad SMARTS) is 1. The molecular weight excluding hydrogens is 229 g/mol. The van der Waals surface area contributed by atoms with Crippen molar-refractivity contribution in [3.8, 4) is 0 Å². The van der Waals surface area contributed by atoms with Crippen LogP contribution in [-0.2, 0) is 4.79 Å². The monoisotopic (exact) mass is 232 g/mol. The second kappa shape index (κ2) is 15.8. The number of carbonyl (C=O) groups excluding carboxylic acids is 1. The van der Waals surface area contributed by atoms with Gasteiger partial charge in [0, 0.05) is 5.97 Å². The van der Waals surface area contributed by atoms with E-state index in [-0.39, 0.29) is 94.2 Å². The third-order valence-corrected chi connectivity index (χ3v) is 0.